The zero-order chi connectivity index (χ0) is 14.6. The van der Waals surface area contributed by atoms with Gasteiger partial charge in [-0.2, -0.15) is 0 Å². The maximum absolute atomic E-state index is 13.2. The quantitative estimate of drug-likeness (QED) is 0.703. The Morgan fingerprint density at radius 2 is 2.10 bits per heavy atom. The van der Waals surface area contributed by atoms with Crippen molar-refractivity contribution in [2.24, 2.45) is 17.3 Å². The van der Waals surface area contributed by atoms with Gasteiger partial charge in [0.1, 0.15) is 5.75 Å². The fourth-order valence-corrected chi connectivity index (χ4v) is 5.60. The predicted octanol–water partition coefficient (Wildman–Crippen LogP) is 5.10. The van der Waals surface area contributed by atoms with E-state index < -0.39 is 0 Å². The van der Waals surface area contributed by atoms with Crippen molar-refractivity contribution in [2.45, 2.75) is 51.4 Å². The number of halogens is 1. The topological polar surface area (TPSA) is 20.2 Å². The molecule has 4 atom stereocenters. The highest BCUT2D eigenvalue weighted by atomic mass is 19.1. The summed E-state index contributed by atoms with van der Waals surface area (Å²) in [6.07, 6.45) is 7.52. The molecule has 0 aliphatic heterocycles. The highest BCUT2D eigenvalue weighted by molar-refractivity contribution is 5.40. The molecular weight excluding hydrogens is 263 g/mol. The normalized spacial score (nSPS) is 39.7. The van der Waals surface area contributed by atoms with Crippen LogP contribution in [0.5, 0.6) is 5.75 Å². The molecule has 21 heavy (non-hydrogen) atoms. The van der Waals surface area contributed by atoms with Gasteiger partial charge >= 0.3 is 0 Å². The largest absolute Gasteiger partial charge is 0.508 e. The van der Waals surface area contributed by atoms with Gasteiger partial charge in [-0.3, -0.25) is 0 Å². The van der Waals surface area contributed by atoms with Crippen molar-refractivity contribution in [2.75, 3.05) is 0 Å². The van der Waals surface area contributed by atoms with Crippen LogP contribution in [0.3, 0.4) is 0 Å². The zero-order valence-corrected chi connectivity index (χ0v) is 12.6. The summed E-state index contributed by atoms with van der Waals surface area (Å²) < 4.78 is 13.2. The second-order valence-electron chi connectivity index (χ2n) is 7.43. The Hall–Kier alpha value is -1.31. The Balaban J connectivity index is 1.72. The lowest BCUT2D eigenvalue weighted by atomic mass is 9.55. The van der Waals surface area contributed by atoms with Gasteiger partial charge in [0.2, 0.25) is 0 Å². The number of phenols is 1. The molecule has 0 saturated heterocycles. The number of aromatic hydroxyl groups is 1. The maximum Gasteiger partial charge on any atom is 0.115 e. The number of aryl methyl sites for hydroxylation is 1. The van der Waals surface area contributed by atoms with Crippen LogP contribution in [0.15, 0.2) is 30.1 Å². The van der Waals surface area contributed by atoms with Crippen LogP contribution in [0.4, 0.5) is 4.39 Å². The van der Waals surface area contributed by atoms with Gasteiger partial charge in [0.05, 0.1) is 6.33 Å². The number of hydrogen-bond donors (Lipinski definition) is 1. The van der Waals surface area contributed by atoms with Crippen molar-refractivity contribution in [3.63, 3.8) is 0 Å². The highest BCUT2D eigenvalue weighted by Crippen LogP contribution is 2.62. The SMILES string of the molecule is C[C@]12CC[C@@H]3c4ccc(O)cc4CC[C@H]3[C@@H]1CCC2=CF. The van der Waals surface area contributed by atoms with Gasteiger partial charge in [-0.25, -0.2) is 4.39 Å². The number of benzene rings is 1. The first-order valence-electron chi connectivity index (χ1n) is 8.25. The summed E-state index contributed by atoms with van der Waals surface area (Å²) in [5, 5.41) is 9.69. The van der Waals surface area contributed by atoms with Crippen molar-refractivity contribution < 1.29 is 9.50 Å². The van der Waals surface area contributed by atoms with Gasteiger partial charge in [0, 0.05) is 0 Å². The van der Waals surface area contributed by atoms with Crippen molar-refractivity contribution in [3.8, 4) is 5.75 Å². The third kappa shape index (κ3) is 1.81. The number of phenolic OH excluding ortho intramolecular Hbond substituents is 1. The molecule has 0 spiro atoms. The van der Waals surface area contributed by atoms with E-state index in [4.69, 9.17) is 0 Å². The molecule has 1 aromatic rings. The van der Waals surface area contributed by atoms with Crippen LogP contribution in [-0.4, -0.2) is 5.11 Å². The van der Waals surface area contributed by atoms with Gasteiger partial charge < -0.3 is 5.11 Å². The molecule has 3 aliphatic rings. The molecule has 4 rings (SSSR count). The summed E-state index contributed by atoms with van der Waals surface area (Å²) in [6.45, 7) is 2.29. The van der Waals surface area contributed by atoms with Crippen molar-refractivity contribution in [1.29, 1.82) is 0 Å². The lowest BCUT2D eigenvalue weighted by molar-refractivity contribution is 0.0807. The lowest BCUT2D eigenvalue weighted by Crippen LogP contribution is -2.40. The van der Waals surface area contributed by atoms with Crippen LogP contribution < -0.4 is 0 Å². The van der Waals surface area contributed by atoms with Crippen molar-refractivity contribution in [1.82, 2.24) is 0 Å². The minimum atomic E-state index is 0.102. The Labute approximate surface area is 125 Å². The second-order valence-corrected chi connectivity index (χ2v) is 7.43. The third-order valence-electron chi connectivity index (χ3n) is 6.69. The van der Waals surface area contributed by atoms with E-state index >= 15 is 0 Å². The monoisotopic (exact) mass is 286 g/mol. The molecular formula is C19H23FO. The molecule has 0 radical (unpaired) electrons. The molecule has 2 saturated carbocycles. The minimum Gasteiger partial charge on any atom is -0.508 e. The highest BCUT2D eigenvalue weighted by Gasteiger charge is 2.52. The van der Waals surface area contributed by atoms with Crippen LogP contribution in [0.2, 0.25) is 0 Å². The maximum atomic E-state index is 13.2. The summed E-state index contributed by atoms with van der Waals surface area (Å²) in [7, 11) is 0. The molecule has 0 heterocycles. The van der Waals surface area contributed by atoms with E-state index in [1.807, 2.05) is 12.1 Å². The predicted molar refractivity (Wildman–Crippen MR) is 81.9 cm³/mol. The van der Waals surface area contributed by atoms with E-state index in [0.29, 0.717) is 23.5 Å². The van der Waals surface area contributed by atoms with Crippen LogP contribution in [0, 0.1) is 17.3 Å². The van der Waals surface area contributed by atoms with Gasteiger partial charge in [0.25, 0.3) is 0 Å². The first-order chi connectivity index (χ1) is 10.1. The summed E-state index contributed by atoms with van der Waals surface area (Å²) in [5.74, 6) is 2.33. The second kappa shape index (κ2) is 4.59. The molecule has 0 amide bonds. The lowest BCUT2D eigenvalue weighted by Gasteiger charge is -2.49. The van der Waals surface area contributed by atoms with E-state index in [1.165, 1.54) is 17.5 Å². The number of rotatable bonds is 0. The molecule has 0 aromatic heterocycles. The average molecular weight is 286 g/mol. The fourth-order valence-electron chi connectivity index (χ4n) is 5.60. The molecule has 1 N–H and O–H groups in total. The summed E-state index contributed by atoms with van der Waals surface area (Å²) in [5.41, 5.74) is 3.94. The van der Waals surface area contributed by atoms with Gasteiger partial charge in [-0.1, -0.05) is 13.0 Å². The number of fused-ring (bicyclic) bond motifs is 5. The van der Waals surface area contributed by atoms with Crippen molar-refractivity contribution >= 4 is 0 Å². The van der Waals surface area contributed by atoms with Gasteiger partial charge in [-0.05, 0) is 90.5 Å². The van der Waals surface area contributed by atoms with E-state index in [9.17, 15) is 9.50 Å². The molecule has 2 heteroatoms. The Bertz CT molecular complexity index is 606. The van der Waals surface area contributed by atoms with Crippen LogP contribution in [0.25, 0.3) is 0 Å². The number of hydrogen-bond acceptors (Lipinski definition) is 1. The molecule has 0 unspecified atom stereocenters. The zero-order valence-electron chi connectivity index (χ0n) is 12.6. The summed E-state index contributed by atoms with van der Waals surface area (Å²) in [6, 6.07) is 5.91. The molecule has 112 valence electrons. The molecule has 1 aromatic carbocycles. The van der Waals surface area contributed by atoms with Crippen LogP contribution in [0.1, 0.15) is 56.1 Å². The van der Waals surface area contributed by atoms with Crippen molar-refractivity contribution in [3.05, 3.63) is 41.2 Å². The summed E-state index contributed by atoms with van der Waals surface area (Å²) in [4.78, 5) is 0. The average Bonchev–Trinajstić information content (AvgIpc) is 2.83. The molecule has 2 fully saturated rings. The Kier molecular flexibility index (Phi) is 2.92. The fraction of sp³-hybridized carbons (Fsp3) is 0.579. The molecule has 1 nitrogen and oxygen atoms in total. The molecule has 0 bridgehead atoms. The standard InChI is InChI=1S/C19H23FO/c1-19-9-8-16-15-6-4-14(21)10-12(15)2-5-17(16)18(19)7-3-13(19)11-20/h4,6,10-11,16-18,21H,2-3,5,7-9H2,1H3/t16-,17-,18+,19-/m1/s1. The Morgan fingerprint density at radius 1 is 1.24 bits per heavy atom. The van der Waals surface area contributed by atoms with Crippen LogP contribution in [-0.2, 0) is 6.42 Å². The van der Waals surface area contributed by atoms with E-state index in [0.717, 1.165) is 44.0 Å². The smallest absolute Gasteiger partial charge is 0.115 e. The van der Waals surface area contributed by atoms with E-state index in [-0.39, 0.29) is 5.41 Å². The minimum absolute atomic E-state index is 0.102. The van der Waals surface area contributed by atoms with Crippen LogP contribution >= 0.6 is 0 Å². The first-order valence-corrected chi connectivity index (χ1v) is 8.25. The number of allylic oxidation sites excluding steroid dienone is 1. The molecule has 3 aliphatic carbocycles. The third-order valence-corrected chi connectivity index (χ3v) is 6.69. The van der Waals surface area contributed by atoms with Gasteiger partial charge in [0.15, 0.2) is 0 Å². The van der Waals surface area contributed by atoms with E-state index in [1.54, 1.807) is 0 Å². The van der Waals surface area contributed by atoms with Gasteiger partial charge in [-0.15, -0.1) is 0 Å². The Morgan fingerprint density at radius 3 is 2.90 bits per heavy atom. The first kappa shape index (κ1) is 13.4. The van der Waals surface area contributed by atoms with E-state index in [2.05, 4.69) is 13.0 Å². The summed E-state index contributed by atoms with van der Waals surface area (Å²) >= 11 is 0.